The normalized spacial score (nSPS) is 13.5. The number of aliphatic hydroxyl groups is 2. The van der Waals surface area contributed by atoms with Gasteiger partial charge < -0.3 is 10.2 Å². The fraction of sp³-hybridized carbons (Fsp3) is 0.900. The summed E-state index contributed by atoms with van der Waals surface area (Å²) in [5, 5.41) is 19.6. The number of hydrogen-bond donors (Lipinski definition) is 2. The molecule has 0 saturated carbocycles. The fourth-order valence-electron chi connectivity index (χ4n) is 2.57. The highest BCUT2D eigenvalue weighted by molar-refractivity contribution is 5.08. The lowest BCUT2D eigenvalue weighted by atomic mass is 10.1. The van der Waals surface area contributed by atoms with E-state index in [0.29, 0.717) is 0 Å². The van der Waals surface area contributed by atoms with Crippen LogP contribution in [0.15, 0.2) is 0 Å². The summed E-state index contributed by atoms with van der Waals surface area (Å²) in [6.07, 6.45) is 15.1. The summed E-state index contributed by atoms with van der Waals surface area (Å²) in [5.74, 6) is 5.60. The van der Waals surface area contributed by atoms with Crippen molar-refractivity contribution in [2.75, 3.05) is 0 Å². The topological polar surface area (TPSA) is 40.5 Å². The summed E-state index contributed by atoms with van der Waals surface area (Å²) < 4.78 is 0. The van der Waals surface area contributed by atoms with Gasteiger partial charge in [0.05, 0.1) is 0 Å². The van der Waals surface area contributed by atoms with Crippen LogP contribution in [0.3, 0.4) is 0 Å². The van der Waals surface area contributed by atoms with Crippen molar-refractivity contribution in [3.63, 3.8) is 0 Å². The molecule has 2 nitrogen and oxygen atoms in total. The Labute approximate surface area is 138 Å². The molecule has 2 heteroatoms. The van der Waals surface area contributed by atoms with E-state index in [1.165, 1.54) is 64.2 Å². The highest BCUT2D eigenvalue weighted by Crippen LogP contribution is 2.10. The zero-order valence-corrected chi connectivity index (χ0v) is 14.9. The van der Waals surface area contributed by atoms with Crippen molar-refractivity contribution in [1.82, 2.24) is 0 Å². The first-order valence-corrected chi connectivity index (χ1v) is 9.57. The van der Waals surface area contributed by atoms with Crippen LogP contribution < -0.4 is 0 Å². The lowest BCUT2D eigenvalue weighted by molar-refractivity contribution is 0.207. The summed E-state index contributed by atoms with van der Waals surface area (Å²) in [5.41, 5.74) is 0. The average molecular weight is 311 g/mol. The zero-order valence-electron chi connectivity index (χ0n) is 14.9. The maximum atomic E-state index is 9.78. The molecule has 0 unspecified atom stereocenters. The lowest BCUT2D eigenvalue weighted by Gasteiger charge is -2.05. The van der Waals surface area contributed by atoms with Crippen LogP contribution in [0.5, 0.6) is 0 Å². The predicted octanol–water partition coefficient (Wildman–Crippen LogP) is 5.21. The molecular weight excluding hydrogens is 272 g/mol. The number of hydrogen-bond acceptors (Lipinski definition) is 2. The molecule has 2 atom stereocenters. The van der Waals surface area contributed by atoms with E-state index in [4.69, 9.17) is 0 Å². The van der Waals surface area contributed by atoms with Crippen LogP contribution in [0.2, 0.25) is 0 Å². The molecule has 0 aromatic carbocycles. The number of rotatable bonds is 14. The van der Waals surface area contributed by atoms with E-state index in [1.807, 2.05) is 0 Å². The zero-order chi connectivity index (χ0) is 16.5. The van der Waals surface area contributed by atoms with Gasteiger partial charge in [0.15, 0.2) is 0 Å². The Morgan fingerprint density at radius 2 is 0.864 bits per heavy atom. The van der Waals surface area contributed by atoms with Gasteiger partial charge in [-0.25, -0.2) is 0 Å². The summed E-state index contributed by atoms with van der Waals surface area (Å²) >= 11 is 0. The Kier molecular flexibility index (Phi) is 16.4. The van der Waals surface area contributed by atoms with E-state index in [-0.39, 0.29) is 0 Å². The first-order chi connectivity index (χ1) is 10.7. The minimum Gasteiger partial charge on any atom is -0.380 e. The molecule has 22 heavy (non-hydrogen) atoms. The molecular formula is C20H38O2. The second-order valence-electron chi connectivity index (χ2n) is 6.43. The second kappa shape index (κ2) is 16.8. The summed E-state index contributed by atoms with van der Waals surface area (Å²) in [6.45, 7) is 4.44. The largest absolute Gasteiger partial charge is 0.380 e. The van der Waals surface area contributed by atoms with E-state index in [9.17, 15) is 10.2 Å². The van der Waals surface area contributed by atoms with Crippen LogP contribution in [-0.4, -0.2) is 22.4 Å². The second-order valence-corrected chi connectivity index (χ2v) is 6.43. The smallest absolute Gasteiger partial charge is 0.114 e. The Balaban J connectivity index is 3.52. The van der Waals surface area contributed by atoms with Crippen molar-refractivity contribution in [2.24, 2.45) is 0 Å². The minimum absolute atomic E-state index is 0.564. The monoisotopic (exact) mass is 310 g/mol. The van der Waals surface area contributed by atoms with Crippen LogP contribution in [0.25, 0.3) is 0 Å². The van der Waals surface area contributed by atoms with Gasteiger partial charge in [-0.1, -0.05) is 89.9 Å². The van der Waals surface area contributed by atoms with Gasteiger partial charge in [0, 0.05) is 0 Å². The lowest BCUT2D eigenvalue weighted by Crippen LogP contribution is -2.07. The summed E-state index contributed by atoms with van der Waals surface area (Å²) in [7, 11) is 0. The third kappa shape index (κ3) is 15.9. The van der Waals surface area contributed by atoms with Crippen molar-refractivity contribution in [2.45, 2.75) is 116 Å². The van der Waals surface area contributed by atoms with E-state index < -0.39 is 12.2 Å². The molecule has 0 amide bonds. The maximum Gasteiger partial charge on any atom is 0.114 e. The standard InChI is InChI=1S/C20H38O2/c1-3-5-7-9-11-13-15-19(21)17-18-20(22)16-14-12-10-8-6-4-2/h19-22H,3-16H2,1-2H3/t19-,20+. The molecule has 0 aromatic rings. The van der Waals surface area contributed by atoms with Crippen LogP contribution in [-0.2, 0) is 0 Å². The predicted molar refractivity (Wildman–Crippen MR) is 95.8 cm³/mol. The molecule has 0 spiro atoms. The molecule has 0 fully saturated rings. The molecule has 0 aliphatic carbocycles. The molecule has 2 N–H and O–H groups in total. The third-order valence-corrected chi connectivity index (χ3v) is 4.08. The Morgan fingerprint density at radius 1 is 0.545 bits per heavy atom. The van der Waals surface area contributed by atoms with Crippen LogP contribution in [0.1, 0.15) is 104 Å². The molecule has 0 aliphatic rings. The van der Waals surface area contributed by atoms with Gasteiger partial charge in [0.25, 0.3) is 0 Å². The van der Waals surface area contributed by atoms with Crippen molar-refractivity contribution in [1.29, 1.82) is 0 Å². The molecule has 0 aromatic heterocycles. The Hall–Kier alpha value is -0.520. The van der Waals surface area contributed by atoms with Gasteiger partial charge >= 0.3 is 0 Å². The van der Waals surface area contributed by atoms with Crippen molar-refractivity contribution in [3.8, 4) is 11.8 Å². The van der Waals surface area contributed by atoms with Gasteiger partial charge in [-0.2, -0.15) is 0 Å². The van der Waals surface area contributed by atoms with Crippen LogP contribution >= 0.6 is 0 Å². The Morgan fingerprint density at radius 3 is 1.23 bits per heavy atom. The first kappa shape index (κ1) is 21.5. The molecule has 130 valence electrons. The highest BCUT2D eigenvalue weighted by Gasteiger charge is 2.02. The quantitative estimate of drug-likeness (QED) is 0.341. The van der Waals surface area contributed by atoms with Gasteiger partial charge in [-0.05, 0) is 25.7 Å². The van der Waals surface area contributed by atoms with Gasteiger partial charge in [-0.15, -0.1) is 0 Å². The van der Waals surface area contributed by atoms with E-state index in [2.05, 4.69) is 25.7 Å². The molecule has 0 aliphatic heterocycles. The van der Waals surface area contributed by atoms with Crippen molar-refractivity contribution < 1.29 is 10.2 Å². The highest BCUT2D eigenvalue weighted by atomic mass is 16.3. The van der Waals surface area contributed by atoms with Crippen LogP contribution in [0, 0.1) is 11.8 Å². The van der Waals surface area contributed by atoms with Gasteiger partial charge in [0.2, 0.25) is 0 Å². The fourth-order valence-corrected chi connectivity index (χ4v) is 2.57. The van der Waals surface area contributed by atoms with Crippen molar-refractivity contribution in [3.05, 3.63) is 0 Å². The average Bonchev–Trinajstić information content (AvgIpc) is 2.52. The van der Waals surface area contributed by atoms with E-state index in [1.54, 1.807) is 0 Å². The van der Waals surface area contributed by atoms with Gasteiger partial charge in [-0.3, -0.25) is 0 Å². The van der Waals surface area contributed by atoms with Gasteiger partial charge in [0.1, 0.15) is 12.2 Å². The van der Waals surface area contributed by atoms with Crippen LogP contribution in [0.4, 0.5) is 0 Å². The summed E-state index contributed by atoms with van der Waals surface area (Å²) in [6, 6.07) is 0. The Bertz CT molecular complexity index is 251. The molecule has 0 radical (unpaired) electrons. The third-order valence-electron chi connectivity index (χ3n) is 4.08. The first-order valence-electron chi connectivity index (χ1n) is 9.57. The van der Waals surface area contributed by atoms with E-state index in [0.717, 1.165) is 25.7 Å². The number of aliphatic hydroxyl groups excluding tert-OH is 2. The number of unbranched alkanes of at least 4 members (excludes halogenated alkanes) is 10. The molecule has 0 heterocycles. The molecule has 0 rings (SSSR count). The molecule has 0 saturated heterocycles. The van der Waals surface area contributed by atoms with Crippen molar-refractivity contribution >= 4 is 0 Å². The van der Waals surface area contributed by atoms with E-state index >= 15 is 0 Å². The minimum atomic E-state index is -0.564. The SMILES string of the molecule is CCCCCCCC[C@H](O)C#C[C@H](O)CCCCCCCC. The summed E-state index contributed by atoms with van der Waals surface area (Å²) in [4.78, 5) is 0. The maximum absolute atomic E-state index is 9.78. The molecule has 0 bridgehead atoms.